The fraction of sp³-hybridized carbons (Fsp3) is 0.421. The molecule has 0 aliphatic carbocycles. The van der Waals surface area contributed by atoms with E-state index < -0.39 is 17.8 Å². The smallest absolute Gasteiger partial charge is 0.340 e. The van der Waals surface area contributed by atoms with Gasteiger partial charge in [0.15, 0.2) is 11.5 Å². The number of anilines is 1. The number of amides is 1. The lowest BCUT2D eigenvalue weighted by atomic mass is 10.1. The molecule has 30 heavy (non-hydrogen) atoms. The van der Waals surface area contributed by atoms with E-state index in [9.17, 15) is 19.5 Å². The highest BCUT2D eigenvalue weighted by molar-refractivity contribution is 6.10. The minimum atomic E-state index is -0.741. The fourth-order valence-corrected chi connectivity index (χ4v) is 3.03. The molecular formula is C19H24N2O9. The van der Waals surface area contributed by atoms with Gasteiger partial charge in [0.25, 0.3) is 5.91 Å². The number of ether oxygens (including phenoxy) is 5. The van der Waals surface area contributed by atoms with Crippen LogP contribution in [0.15, 0.2) is 17.3 Å². The van der Waals surface area contributed by atoms with Crippen LogP contribution in [0.5, 0.6) is 17.2 Å². The number of hydrogen-bond donors (Lipinski definition) is 2. The molecule has 1 aliphatic rings. The summed E-state index contributed by atoms with van der Waals surface area (Å²) in [6, 6.07) is 1.36. The zero-order chi connectivity index (χ0) is 22.4. The maximum atomic E-state index is 12.8. The summed E-state index contributed by atoms with van der Waals surface area (Å²) in [4.78, 5) is 38.7. The third kappa shape index (κ3) is 4.10. The molecule has 0 atom stereocenters. The van der Waals surface area contributed by atoms with Crippen molar-refractivity contribution >= 4 is 23.5 Å². The molecule has 0 aromatic heterocycles. The molecule has 1 aliphatic heterocycles. The van der Waals surface area contributed by atoms with Gasteiger partial charge in [-0.05, 0) is 0 Å². The van der Waals surface area contributed by atoms with E-state index >= 15 is 0 Å². The van der Waals surface area contributed by atoms with Gasteiger partial charge in [0, 0.05) is 12.6 Å². The number of nitrogens with one attached hydrogen (secondary N) is 1. The number of esters is 2. The zero-order valence-corrected chi connectivity index (χ0v) is 17.4. The topological polar surface area (TPSA) is 133 Å². The summed E-state index contributed by atoms with van der Waals surface area (Å²) in [5.41, 5.74) is -0.0655. The summed E-state index contributed by atoms with van der Waals surface area (Å²) in [6.07, 6.45) is 0. The Balaban J connectivity index is 2.70. The Labute approximate surface area is 173 Å². The first-order chi connectivity index (χ1) is 14.4. The lowest BCUT2D eigenvalue weighted by molar-refractivity contribution is -0.136. The van der Waals surface area contributed by atoms with Crippen LogP contribution in [0.1, 0.15) is 10.4 Å². The van der Waals surface area contributed by atoms with Gasteiger partial charge in [0.05, 0.1) is 59.8 Å². The van der Waals surface area contributed by atoms with Crippen LogP contribution in [-0.2, 0) is 19.1 Å². The van der Waals surface area contributed by atoms with Crippen LogP contribution in [0, 0.1) is 0 Å². The van der Waals surface area contributed by atoms with Crippen molar-refractivity contribution in [2.24, 2.45) is 0 Å². The van der Waals surface area contributed by atoms with Gasteiger partial charge in [-0.15, -0.1) is 0 Å². The molecule has 2 rings (SSSR count). The van der Waals surface area contributed by atoms with Gasteiger partial charge in [0.1, 0.15) is 11.4 Å². The Hall–Kier alpha value is -3.47. The summed E-state index contributed by atoms with van der Waals surface area (Å²) in [5.74, 6) is -1.62. The molecular weight excluding hydrogens is 400 g/mol. The highest BCUT2D eigenvalue weighted by Crippen LogP contribution is 2.46. The molecule has 164 valence electrons. The minimum Gasteiger partial charge on any atom is -0.493 e. The Bertz CT molecular complexity index is 879. The summed E-state index contributed by atoms with van der Waals surface area (Å²) >= 11 is 0. The van der Waals surface area contributed by atoms with Crippen molar-refractivity contribution in [1.82, 2.24) is 4.90 Å². The second-order valence-electron chi connectivity index (χ2n) is 5.98. The molecule has 0 fully saturated rings. The van der Waals surface area contributed by atoms with Crippen molar-refractivity contribution < 1.29 is 43.2 Å². The Morgan fingerprint density at radius 3 is 2.17 bits per heavy atom. The predicted molar refractivity (Wildman–Crippen MR) is 104 cm³/mol. The van der Waals surface area contributed by atoms with Crippen LogP contribution in [0.3, 0.4) is 0 Å². The molecule has 11 nitrogen and oxygen atoms in total. The molecule has 11 heteroatoms. The SMILES string of the molecule is COC(=O)C1=C(Nc2c(C(=O)OC)cc(OC)c(OC)c2OC)C(=O)N(CCO)C1. The molecule has 1 aromatic rings. The van der Waals surface area contributed by atoms with Gasteiger partial charge in [-0.1, -0.05) is 0 Å². The van der Waals surface area contributed by atoms with E-state index in [0.717, 1.165) is 0 Å². The lowest BCUT2D eigenvalue weighted by Gasteiger charge is -2.20. The van der Waals surface area contributed by atoms with E-state index in [1.54, 1.807) is 0 Å². The third-order valence-corrected chi connectivity index (χ3v) is 4.44. The van der Waals surface area contributed by atoms with Crippen molar-refractivity contribution in [3.63, 3.8) is 0 Å². The standard InChI is InChI=1S/C19H24N2O9/c1-26-12-8-10(18(24)29-4)13(16(28-3)15(12)27-2)20-14-11(19(25)30-5)9-21(6-7-22)17(14)23/h8,20,22H,6-7,9H2,1-5H3. The van der Waals surface area contributed by atoms with Gasteiger partial charge < -0.3 is 39.0 Å². The number of nitrogens with zero attached hydrogens (tertiary/aromatic N) is 1. The van der Waals surface area contributed by atoms with E-state index in [4.69, 9.17) is 23.7 Å². The molecule has 0 spiro atoms. The normalized spacial score (nSPS) is 13.3. The first-order valence-electron chi connectivity index (χ1n) is 8.78. The third-order valence-electron chi connectivity index (χ3n) is 4.44. The second-order valence-corrected chi connectivity index (χ2v) is 5.98. The molecule has 1 heterocycles. The van der Waals surface area contributed by atoms with Gasteiger partial charge in [0.2, 0.25) is 5.75 Å². The van der Waals surface area contributed by atoms with Crippen molar-refractivity contribution in [3.05, 3.63) is 22.9 Å². The number of benzene rings is 1. The number of carbonyl (C=O) groups excluding carboxylic acids is 3. The van der Waals surface area contributed by atoms with E-state index in [1.807, 2.05) is 0 Å². The van der Waals surface area contributed by atoms with Crippen molar-refractivity contribution in [1.29, 1.82) is 0 Å². The van der Waals surface area contributed by atoms with E-state index in [-0.39, 0.29) is 59.5 Å². The van der Waals surface area contributed by atoms with Gasteiger partial charge in [-0.3, -0.25) is 4.79 Å². The average Bonchev–Trinajstić information content (AvgIpc) is 3.07. The number of aliphatic hydroxyl groups is 1. The monoisotopic (exact) mass is 424 g/mol. The highest BCUT2D eigenvalue weighted by atomic mass is 16.5. The number of carbonyl (C=O) groups is 3. The van der Waals surface area contributed by atoms with Gasteiger partial charge in [-0.25, -0.2) is 9.59 Å². The zero-order valence-electron chi connectivity index (χ0n) is 17.4. The number of rotatable bonds is 9. The van der Waals surface area contributed by atoms with Crippen LogP contribution in [0.2, 0.25) is 0 Å². The molecule has 0 unspecified atom stereocenters. The minimum absolute atomic E-state index is 0.0113. The van der Waals surface area contributed by atoms with E-state index in [1.165, 1.54) is 46.5 Å². The molecule has 0 radical (unpaired) electrons. The molecule has 0 saturated heterocycles. The first-order valence-corrected chi connectivity index (χ1v) is 8.78. The maximum Gasteiger partial charge on any atom is 0.340 e. The number of β-amino-alcohol motifs (C(OH)–C–C–N with tert-alkyl or cyclic N) is 1. The number of methoxy groups -OCH3 is 5. The van der Waals surface area contributed by atoms with Crippen LogP contribution >= 0.6 is 0 Å². The quantitative estimate of drug-likeness (QED) is 0.529. The summed E-state index contributed by atoms with van der Waals surface area (Å²) in [6.45, 7) is -0.352. The summed E-state index contributed by atoms with van der Waals surface area (Å²) in [5, 5.41) is 12.0. The predicted octanol–water partition coefficient (Wildman–Crippen LogP) is 0.173. The van der Waals surface area contributed by atoms with E-state index in [2.05, 4.69) is 5.32 Å². The average molecular weight is 424 g/mol. The lowest BCUT2D eigenvalue weighted by Crippen LogP contribution is -2.31. The van der Waals surface area contributed by atoms with Crippen LogP contribution in [0.25, 0.3) is 0 Å². The van der Waals surface area contributed by atoms with Crippen LogP contribution in [-0.4, -0.2) is 83.1 Å². The largest absolute Gasteiger partial charge is 0.493 e. The van der Waals surface area contributed by atoms with Crippen molar-refractivity contribution in [2.75, 3.05) is 60.6 Å². The molecule has 2 N–H and O–H groups in total. The molecule has 0 saturated carbocycles. The van der Waals surface area contributed by atoms with Crippen LogP contribution in [0.4, 0.5) is 5.69 Å². The van der Waals surface area contributed by atoms with Crippen molar-refractivity contribution in [2.45, 2.75) is 0 Å². The fourth-order valence-electron chi connectivity index (χ4n) is 3.03. The van der Waals surface area contributed by atoms with Crippen LogP contribution < -0.4 is 19.5 Å². The van der Waals surface area contributed by atoms with Crippen molar-refractivity contribution in [3.8, 4) is 17.2 Å². The van der Waals surface area contributed by atoms with Gasteiger partial charge in [-0.2, -0.15) is 0 Å². The highest BCUT2D eigenvalue weighted by Gasteiger charge is 2.36. The Kier molecular flexibility index (Phi) is 7.48. The Morgan fingerprint density at radius 1 is 1.03 bits per heavy atom. The maximum absolute atomic E-state index is 12.8. The number of hydrogen-bond acceptors (Lipinski definition) is 10. The first kappa shape index (κ1) is 22.8. The number of aliphatic hydroxyl groups excluding tert-OH is 1. The second kappa shape index (κ2) is 9.83. The molecule has 0 bridgehead atoms. The molecule has 1 aromatic carbocycles. The van der Waals surface area contributed by atoms with Gasteiger partial charge >= 0.3 is 11.9 Å². The molecule has 1 amide bonds. The summed E-state index contributed by atoms with van der Waals surface area (Å²) in [7, 11) is 6.48. The summed E-state index contributed by atoms with van der Waals surface area (Å²) < 4.78 is 25.6. The Morgan fingerprint density at radius 2 is 1.67 bits per heavy atom. The van der Waals surface area contributed by atoms with E-state index in [0.29, 0.717) is 0 Å².